The predicted octanol–water partition coefficient (Wildman–Crippen LogP) is 0.792. The fourth-order valence-electron chi connectivity index (χ4n) is 1.89. The number of ether oxygens (including phenoxy) is 3. The van der Waals surface area contributed by atoms with E-state index in [9.17, 15) is 14.4 Å². The molecular formula is C14H16N2O6. The van der Waals surface area contributed by atoms with E-state index in [-0.39, 0.29) is 18.3 Å². The summed E-state index contributed by atoms with van der Waals surface area (Å²) in [5.41, 5.74) is 5.10. The lowest BCUT2D eigenvalue weighted by Crippen LogP contribution is -2.45. The molecule has 1 heterocycles. The fourth-order valence-corrected chi connectivity index (χ4v) is 1.89. The minimum absolute atomic E-state index is 0.0868. The van der Waals surface area contributed by atoms with Gasteiger partial charge in [-0.2, -0.15) is 0 Å². The van der Waals surface area contributed by atoms with E-state index in [0.29, 0.717) is 11.5 Å². The van der Waals surface area contributed by atoms with Gasteiger partial charge in [0.05, 0.1) is 5.56 Å². The second-order valence-corrected chi connectivity index (χ2v) is 4.99. The van der Waals surface area contributed by atoms with Gasteiger partial charge in [-0.25, -0.2) is 9.59 Å². The van der Waals surface area contributed by atoms with Crippen LogP contribution in [-0.4, -0.2) is 30.8 Å². The molecule has 3 amide bonds. The van der Waals surface area contributed by atoms with Gasteiger partial charge >= 0.3 is 12.0 Å². The maximum atomic E-state index is 12.1. The molecule has 3 N–H and O–H groups in total. The van der Waals surface area contributed by atoms with Crippen molar-refractivity contribution in [2.24, 2.45) is 11.7 Å². The predicted molar refractivity (Wildman–Crippen MR) is 74.3 cm³/mol. The number of esters is 1. The van der Waals surface area contributed by atoms with Gasteiger partial charge in [0.15, 0.2) is 17.6 Å². The molecular weight excluding hydrogens is 292 g/mol. The fraction of sp³-hybridized carbons (Fsp3) is 0.357. The first kappa shape index (κ1) is 15.6. The Morgan fingerprint density at radius 3 is 2.55 bits per heavy atom. The molecule has 0 bridgehead atoms. The van der Waals surface area contributed by atoms with Crippen LogP contribution in [0.5, 0.6) is 11.5 Å². The molecule has 0 fully saturated rings. The number of fused-ring (bicyclic) bond motifs is 1. The Balaban J connectivity index is 2.11. The Kier molecular flexibility index (Phi) is 4.50. The standard InChI is InChI=1S/C14H16N2O6/c1-7(2)11(12(17)16-14(15)19)22-13(18)8-3-4-9-10(5-8)21-6-20-9/h3-5,7,11H,6H2,1-2H3,(H3,15,16,17,19)/t11-/m0/s1. The summed E-state index contributed by atoms with van der Waals surface area (Å²) in [5, 5.41) is 1.90. The van der Waals surface area contributed by atoms with E-state index in [1.807, 2.05) is 5.32 Å². The minimum Gasteiger partial charge on any atom is -0.454 e. The first-order chi connectivity index (χ1) is 10.4. The molecule has 1 aliphatic heterocycles. The highest BCUT2D eigenvalue weighted by molar-refractivity contribution is 5.98. The number of urea groups is 1. The van der Waals surface area contributed by atoms with Gasteiger partial charge in [0.25, 0.3) is 5.91 Å². The van der Waals surface area contributed by atoms with E-state index in [4.69, 9.17) is 19.9 Å². The van der Waals surface area contributed by atoms with Crippen LogP contribution in [0.4, 0.5) is 4.79 Å². The first-order valence-corrected chi connectivity index (χ1v) is 6.59. The average Bonchev–Trinajstić information content (AvgIpc) is 2.90. The number of carbonyl (C=O) groups excluding carboxylic acids is 3. The summed E-state index contributed by atoms with van der Waals surface area (Å²) in [4.78, 5) is 34.7. The van der Waals surface area contributed by atoms with Crippen LogP contribution in [0.15, 0.2) is 18.2 Å². The normalized spacial score (nSPS) is 13.6. The molecule has 1 aliphatic rings. The zero-order chi connectivity index (χ0) is 16.3. The van der Waals surface area contributed by atoms with Crippen LogP contribution >= 0.6 is 0 Å². The number of nitrogens with two attached hydrogens (primary N) is 1. The van der Waals surface area contributed by atoms with Crippen LogP contribution < -0.4 is 20.5 Å². The quantitative estimate of drug-likeness (QED) is 0.794. The Morgan fingerprint density at radius 2 is 1.91 bits per heavy atom. The van der Waals surface area contributed by atoms with Crippen molar-refractivity contribution in [3.05, 3.63) is 23.8 Å². The summed E-state index contributed by atoms with van der Waals surface area (Å²) in [6, 6.07) is 3.54. The third-order valence-corrected chi connectivity index (χ3v) is 2.95. The van der Waals surface area contributed by atoms with Crippen LogP contribution in [0, 0.1) is 5.92 Å². The lowest BCUT2D eigenvalue weighted by atomic mass is 10.1. The van der Waals surface area contributed by atoms with E-state index >= 15 is 0 Å². The summed E-state index contributed by atoms with van der Waals surface area (Å²) < 4.78 is 15.5. The molecule has 2 rings (SSSR count). The zero-order valence-corrected chi connectivity index (χ0v) is 12.1. The molecule has 22 heavy (non-hydrogen) atoms. The maximum absolute atomic E-state index is 12.1. The van der Waals surface area contributed by atoms with Crippen LogP contribution in [-0.2, 0) is 9.53 Å². The third-order valence-electron chi connectivity index (χ3n) is 2.95. The smallest absolute Gasteiger partial charge is 0.339 e. The number of nitrogens with one attached hydrogen (secondary N) is 1. The molecule has 0 unspecified atom stereocenters. The molecule has 0 aliphatic carbocycles. The van der Waals surface area contributed by atoms with E-state index in [1.165, 1.54) is 12.1 Å². The molecule has 0 radical (unpaired) electrons. The van der Waals surface area contributed by atoms with Crippen molar-refractivity contribution in [2.45, 2.75) is 20.0 Å². The molecule has 0 saturated carbocycles. The first-order valence-electron chi connectivity index (χ1n) is 6.59. The molecule has 118 valence electrons. The van der Waals surface area contributed by atoms with Crippen molar-refractivity contribution in [1.82, 2.24) is 5.32 Å². The molecule has 0 aromatic heterocycles. The number of rotatable bonds is 4. The summed E-state index contributed by atoms with van der Waals surface area (Å²) in [5.74, 6) is -0.855. The van der Waals surface area contributed by atoms with Crippen molar-refractivity contribution >= 4 is 17.9 Å². The third kappa shape index (κ3) is 3.46. The molecule has 8 heteroatoms. The van der Waals surface area contributed by atoms with Crippen LogP contribution in [0.1, 0.15) is 24.2 Å². The van der Waals surface area contributed by atoms with Gasteiger partial charge in [0.1, 0.15) is 0 Å². The number of hydrogen-bond donors (Lipinski definition) is 2. The van der Waals surface area contributed by atoms with Crippen molar-refractivity contribution in [3.63, 3.8) is 0 Å². The molecule has 1 atom stereocenters. The molecule has 0 spiro atoms. The number of hydrogen-bond acceptors (Lipinski definition) is 6. The number of benzene rings is 1. The van der Waals surface area contributed by atoms with E-state index in [2.05, 4.69) is 0 Å². The lowest BCUT2D eigenvalue weighted by molar-refractivity contribution is -0.130. The number of primary amides is 1. The second kappa shape index (κ2) is 6.33. The summed E-state index contributed by atoms with van der Waals surface area (Å²) in [6.07, 6.45) is -1.13. The Labute approximate surface area is 126 Å². The van der Waals surface area contributed by atoms with Gasteiger partial charge in [0.2, 0.25) is 6.79 Å². The molecule has 1 aromatic carbocycles. The van der Waals surface area contributed by atoms with Crippen molar-refractivity contribution in [2.75, 3.05) is 6.79 Å². The van der Waals surface area contributed by atoms with Gasteiger partial charge in [-0.15, -0.1) is 0 Å². The Hall–Kier alpha value is -2.77. The van der Waals surface area contributed by atoms with E-state index in [0.717, 1.165) is 0 Å². The van der Waals surface area contributed by atoms with Gasteiger partial charge in [-0.3, -0.25) is 10.1 Å². The molecule has 8 nitrogen and oxygen atoms in total. The van der Waals surface area contributed by atoms with Crippen molar-refractivity contribution in [3.8, 4) is 11.5 Å². The van der Waals surface area contributed by atoms with E-state index < -0.39 is 24.0 Å². The highest BCUT2D eigenvalue weighted by Crippen LogP contribution is 2.32. The maximum Gasteiger partial charge on any atom is 0.339 e. The summed E-state index contributed by atoms with van der Waals surface area (Å²) in [7, 11) is 0. The van der Waals surface area contributed by atoms with E-state index in [1.54, 1.807) is 19.9 Å². The van der Waals surface area contributed by atoms with Crippen molar-refractivity contribution in [1.29, 1.82) is 0 Å². The number of amides is 3. The largest absolute Gasteiger partial charge is 0.454 e. The SMILES string of the molecule is CC(C)[C@H](OC(=O)c1ccc2c(c1)OCO2)C(=O)NC(N)=O. The van der Waals surface area contributed by atoms with Crippen molar-refractivity contribution < 1.29 is 28.6 Å². The molecule has 1 aromatic rings. The van der Waals surface area contributed by atoms with Gasteiger partial charge in [-0.1, -0.05) is 13.8 Å². The number of carbonyl (C=O) groups is 3. The lowest BCUT2D eigenvalue weighted by Gasteiger charge is -2.19. The van der Waals surface area contributed by atoms with Gasteiger partial charge < -0.3 is 19.9 Å². The van der Waals surface area contributed by atoms with Gasteiger partial charge in [-0.05, 0) is 24.1 Å². The highest BCUT2D eigenvalue weighted by atomic mass is 16.7. The minimum atomic E-state index is -1.13. The zero-order valence-electron chi connectivity index (χ0n) is 12.1. The Morgan fingerprint density at radius 1 is 1.23 bits per heavy atom. The average molecular weight is 308 g/mol. The van der Waals surface area contributed by atoms with Crippen LogP contribution in [0.2, 0.25) is 0 Å². The van der Waals surface area contributed by atoms with Gasteiger partial charge in [0, 0.05) is 0 Å². The topological polar surface area (TPSA) is 117 Å². The second-order valence-electron chi connectivity index (χ2n) is 4.99. The number of imide groups is 1. The summed E-state index contributed by atoms with van der Waals surface area (Å²) in [6.45, 7) is 3.44. The van der Waals surface area contributed by atoms with Crippen LogP contribution in [0.25, 0.3) is 0 Å². The summed E-state index contributed by atoms with van der Waals surface area (Å²) >= 11 is 0. The van der Waals surface area contributed by atoms with Crippen LogP contribution in [0.3, 0.4) is 0 Å². The monoisotopic (exact) mass is 308 g/mol. The highest BCUT2D eigenvalue weighted by Gasteiger charge is 2.28. The molecule has 0 saturated heterocycles. The Bertz CT molecular complexity index is 613.